The van der Waals surface area contributed by atoms with Crippen molar-refractivity contribution in [2.24, 2.45) is 34.5 Å². The number of carbonyl (C=O) groups is 2. The van der Waals surface area contributed by atoms with Gasteiger partial charge in [-0.1, -0.05) is 19.4 Å². The maximum Gasteiger partial charge on any atom is 0.155 e. The summed E-state index contributed by atoms with van der Waals surface area (Å²) in [6.07, 6.45) is 15.1. The Morgan fingerprint density at radius 1 is 1.12 bits per heavy atom. The second kappa shape index (κ2) is 5.32. The molecule has 6 atom stereocenters. The number of ketones is 2. The number of hydrogen-bond donors (Lipinski definition) is 0. The molecule has 0 amide bonds. The van der Waals surface area contributed by atoms with Crippen LogP contribution in [0.25, 0.3) is 0 Å². The summed E-state index contributed by atoms with van der Waals surface area (Å²) in [4.78, 5) is 24.6. The fourth-order valence-corrected chi connectivity index (χ4v) is 6.89. The molecule has 0 N–H and O–H groups in total. The maximum atomic E-state index is 12.5. The summed E-state index contributed by atoms with van der Waals surface area (Å²) in [6.45, 7) is 4.60. The zero-order valence-corrected chi connectivity index (χ0v) is 14.9. The van der Waals surface area contributed by atoms with Crippen LogP contribution in [0.1, 0.15) is 65.2 Å². The van der Waals surface area contributed by atoms with Crippen LogP contribution in [0.5, 0.6) is 0 Å². The lowest BCUT2D eigenvalue weighted by Gasteiger charge is -2.58. The summed E-state index contributed by atoms with van der Waals surface area (Å²) >= 11 is 0. The SMILES string of the molecule is C#CC[C@H]1CC2C3CCC(=O)C3(C)CCC2C2(C)CCC(=O)C=C12. The summed E-state index contributed by atoms with van der Waals surface area (Å²) in [5.74, 6) is 5.71. The molecule has 0 spiro atoms. The summed E-state index contributed by atoms with van der Waals surface area (Å²) < 4.78 is 0. The molecule has 0 saturated heterocycles. The van der Waals surface area contributed by atoms with Gasteiger partial charge in [-0.3, -0.25) is 9.59 Å². The van der Waals surface area contributed by atoms with E-state index in [-0.39, 0.29) is 16.6 Å². The lowest BCUT2D eigenvalue weighted by Crippen LogP contribution is -2.52. The van der Waals surface area contributed by atoms with E-state index >= 15 is 0 Å². The van der Waals surface area contributed by atoms with Crippen molar-refractivity contribution >= 4 is 11.6 Å². The normalized spacial score (nSPS) is 47.3. The van der Waals surface area contributed by atoms with E-state index in [0.717, 1.165) is 44.9 Å². The van der Waals surface area contributed by atoms with Gasteiger partial charge in [-0.25, -0.2) is 0 Å². The van der Waals surface area contributed by atoms with Gasteiger partial charge in [-0.15, -0.1) is 12.3 Å². The first-order valence-electron chi connectivity index (χ1n) is 9.62. The first-order valence-corrected chi connectivity index (χ1v) is 9.62. The zero-order chi connectivity index (χ0) is 17.1. The van der Waals surface area contributed by atoms with E-state index in [1.165, 1.54) is 5.57 Å². The van der Waals surface area contributed by atoms with Crippen molar-refractivity contribution in [2.75, 3.05) is 0 Å². The van der Waals surface area contributed by atoms with Crippen molar-refractivity contribution in [1.29, 1.82) is 0 Å². The van der Waals surface area contributed by atoms with Gasteiger partial charge >= 0.3 is 0 Å². The Bertz CT molecular complexity index is 666. The average molecular weight is 324 g/mol. The van der Waals surface area contributed by atoms with Gasteiger partial charge in [0.2, 0.25) is 0 Å². The van der Waals surface area contributed by atoms with E-state index in [4.69, 9.17) is 6.42 Å². The van der Waals surface area contributed by atoms with Gasteiger partial charge in [-0.2, -0.15) is 0 Å². The summed E-state index contributed by atoms with van der Waals surface area (Å²) in [5, 5.41) is 0. The molecule has 2 heteroatoms. The van der Waals surface area contributed by atoms with Crippen molar-refractivity contribution < 1.29 is 9.59 Å². The molecule has 0 radical (unpaired) electrons. The molecule has 128 valence electrons. The van der Waals surface area contributed by atoms with E-state index < -0.39 is 0 Å². The van der Waals surface area contributed by atoms with Crippen LogP contribution in [-0.2, 0) is 9.59 Å². The predicted molar refractivity (Wildman–Crippen MR) is 94.0 cm³/mol. The second-order valence-corrected chi connectivity index (χ2v) is 9.12. The molecule has 0 bridgehead atoms. The van der Waals surface area contributed by atoms with Crippen LogP contribution in [0.2, 0.25) is 0 Å². The Kier molecular flexibility index (Phi) is 3.57. The predicted octanol–water partition coefficient (Wildman–Crippen LogP) is 4.34. The molecule has 3 fully saturated rings. The molecule has 24 heavy (non-hydrogen) atoms. The summed E-state index contributed by atoms with van der Waals surface area (Å²) in [5.41, 5.74) is 1.36. The minimum absolute atomic E-state index is 0.0933. The van der Waals surface area contributed by atoms with Crippen LogP contribution in [0.3, 0.4) is 0 Å². The highest BCUT2D eigenvalue weighted by molar-refractivity contribution is 5.92. The lowest BCUT2D eigenvalue weighted by molar-refractivity contribution is -0.133. The van der Waals surface area contributed by atoms with Crippen LogP contribution in [0.4, 0.5) is 0 Å². The molecule has 0 aromatic carbocycles. The average Bonchev–Trinajstić information content (AvgIpc) is 2.85. The van der Waals surface area contributed by atoms with Crippen LogP contribution in [-0.4, -0.2) is 11.6 Å². The van der Waals surface area contributed by atoms with Crippen molar-refractivity contribution in [3.05, 3.63) is 11.6 Å². The van der Waals surface area contributed by atoms with E-state index in [1.807, 2.05) is 6.08 Å². The molecular formula is C22H28O2. The highest BCUT2D eigenvalue weighted by Gasteiger charge is 2.60. The van der Waals surface area contributed by atoms with Crippen LogP contribution < -0.4 is 0 Å². The number of Topliss-reactive ketones (excluding diaryl/α,β-unsaturated/α-hetero) is 1. The molecule has 4 aliphatic rings. The van der Waals surface area contributed by atoms with Crippen molar-refractivity contribution in [1.82, 2.24) is 0 Å². The van der Waals surface area contributed by atoms with E-state index in [9.17, 15) is 9.59 Å². The largest absolute Gasteiger partial charge is 0.299 e. The number of rotatable bonds is 1. The quantitative estimate of drug-likeness (QED) is 0.673. The van der Waals surface area contributed by atoms with Crippen LogP contribution in [0, 0.1) is 46.8 Å². The van der Waals surface area contributed by atoms with Crippen molar-refractivity contribution in [2.45, 2.75) is 65.2 Å². The molecule has 0 heterocycles. The Balaban J connectivity index is 1.76. The van der Waals surface area contributed by atoms with Gasteiger partial charge in [0, 0.05) is 24.7 Å². The molecule has 0 aromatic heterocycles. The molecule has 0 aliphatic heterocycles. The molecular weight excluding hydrogens is 296 g/mol. The van der Waals surface area contributed by atoms with Crippen LogP contribution in [0.15, 0.2) is 11.6 Å². The Morgan fingerprint density at radius 3 is 2.62 bits per heavy atom. The molecule has 5 unspecified atom stereocenters. The first kappa shape index (κ1) is 16.1. The lowest BCUT2D eigenvalue weighted by atomic mass is 9.45. The topological polar surface area (TPSA) is 34.1 Å². The standard InChI is InChI=1S/C22H28O2/c1-4-5-14-12-16-17-6-7-20(24)22(17,3)11-9-18(16)21(2)10-8-15(23)13-19(14)21/h1,13-14,16-18H,5-12H2,2-3H3/t14-,16?,17?,18?,21?,22?/m0/s1. The van der Waals surface area contributed by atoms with E-state index in [1.54, 1.807) is 0 Å². The maximum absolute atomic E-state index is 12.5. The first-order chi connectivity index (χ1) is 11.4. The number of hydrogen-bond acceptors (Lipinski definition) is 2. The van der Waals surface area contributed by atoms with Gasteiger partial charge in [0.05, 0.1) is 0 Å². The highest BCUT2D eigenvalue weighted by atomic mass is 16.1. The Morgan fingerprint density at radius 2 is 1.88 bits per heavy atom. The van der Waals surface area contributed by atoms with E-state index in [0.29, 0.717) is 35.9 Å². The number of fused-ring (bicyclic) bond motifs is 5. The highest BCUT2D eigenvalue weighted by Crippen LogP contribution is 2.65. The summed E-state index contributed by atoms with van der Waals surface area (Å²) in [6, 6.07) is 0. The number of terminal acetylenes is 1. The van der Waals surface area contributed by atoms with Gasteiger partial charge in [-0.05, 0) is 67.3 Å². The second-order valence-electron chi connectivity index (χ2n) is 9.12. The molecule has 3 saturated carbocycles. The third-order valence-electron chi connectivity index (χ3n) is 8.19. The van der Waals surface area contributed by atoms with Gasteiger partial charge < -0.3 is 0 Å². The minimum Gasteiger partial charge on any atom is -0.299 e. The van der Waals surface area contributed by atoms with Gasteiger partial charge in [0.15, 0.2) is 5.78 Å². The molecule has 4 rings (SSSR count). The number of carbonyl (C=O) groups excluding carboxylic acids is 2. The minimum atomic E-state index is -0.0933. The molecule has 0 aromatic rings. The third kappa shape index (κ3) is 2.03. The Hall–Kier alpha value is -1.36. The number of allylic oxidation sites excluding steroid dienone is 1. The Labute approximate surface area is 145 Å². The summed E-state index contributed by atoms with van der Waals surface area (Å²) in [7, 11) is 0. The fraction of sp³-hybridized carbons (Fsp3) is 0.727. The smallest absolute Gasteiger partial charge is 0.155 e. The fourth-order valence-electron chi connectivity index (χ4n) is 6.89. The molecule has 2 nitrogen and oxygen atoms in total. The van der Waals surface area contributed by atoms with Crippen molar-refractivity contribution in [3.8, 4) is 12.3 Å². The van der Waals surface area contributed by atoms with Gasteiger partial charge in [0.25, 0.3) is 0 Å². The van der Waals surface area contributed by atoms with Crippen molar-refractivity contribution in [3.63, 3.8) is 0 Å². The van der Waals surface area contributed by atoms with Crippen LogP contribution >= 0.6 is 0 Å². The van der Waals surface area contributed by atoms with Gasteiger partial charge in [0.1, 0.15) is 5.78 Å². The monoisotopic (exact) mass is 324 g/mol. The molecule has 4 aliphatic carbocycles. The van der Waals surface area contributed by atoms with E-state index in [2.05, 4.69) is 19.8 Å². The third-order valence-corrected chi connectivity index (χ3v) is 8.19. The zero-order valence-electron chi connectivity index (χ0n) is 14.9.